The van der Waals surface area contributed by atoms with Crippen LogP contribution in [0.15, 0.2) is 30.3 Å². The number of hydrogen-bond acceptors (Lipinski definition) is 3. The summed E-state index contributed by atoms with van der Waals surface area (Å²) in [4.78, 5) is 22.5. The number of hydrogen-bond donors (Lipinski definition) is 0. The minimum Gasteiger partial charge on any atom is -0.455 e. The Hall–Kier alpha value is -1.64. The molecule has 0 saturated heterocycles. The second-order valence-corrected chi connectivity index (χ2v) is 4.95. The summed E-state index contributed by atoms with van der Waals surface area (Å²) >= 11 is 0. The molecule has 0 N–H and O–H groups in total. The molecule has 3 heteroatoms. The Kier molecular flexibility index (Phi) is 1.76. The lowest BCUT2D eigenvalue weighted by atomic mass is 9.42. The fourth-order valence-corrected chi connectivity index (χ4v) is 2.83. The first kappa shape index (κ1) is 9.58. The predicted molar refractivity (Wildman–Crippen MR) is 56.9 cm³/mol. The molecule has 16 heavy (non-hydrogen) atoms. The normalized spacial score (nSPS) is 34.5. The van der Waals surface area contributed by atoms with E-state index in [9.17, 15) is 9.59 Å². The average Bonchev–Trinajstić information content (AvgIpc) is 2.22. The van der Waals surface area contributed by atoms with Crippen molar-refractivity contribution in [3.63, 3.8) is 0 Å². The third-order valence-electron chi connectivity index (χ3n) is 3.59. The van der Waals surface area contributed by atoms with Crippen LogP contribution in [0.25, 0.3) is 0 Å². The molecule has 0 amide bonds. The summed E-state index contributed by atoms with van der Waals surface area (Å²) < 4.78 is 5.45. The average molecular weight is 216 g/mol. The number of esters is 1. The highest BCUT2D eigenvalue weighted by molar-refractivity contribution is 5.90. The molecule has 0 radical (unpaired) electrons. The van der Waals surface area contributed by atoms with Crippen molar-refractivity contribution in [3.05, 3.63) is 35.9 Å². The van der Waals surface area contributed by atoms with Crippen LogP contribution in [0.4, 0.5) is 0 Å². The minimum atomic E-state index is -0.326. The zero-order valence-electron chi connectivity index (χ0n) is 8.81. The molecule has 0 aromatic heterocycles. The molecule has 1 aromatic carbocycles. The van der Waals surface area contributed by atoms with Crippen LogP contribution in [-0.2, 0) is 9.53 Å². The third-order valence-corrected chi connectivity index (χ3v) is 3.59. The molecular formula is C13H12O3. The van der Waals surface area contributed by atoms with Crippen molar-refractivity contribution >= 4 is 12.3 Å². The van der Waals surface area contributed by atoms with Crippen LogP contribution in [0, 0.1) is 5.41 Å². The van der Waals surface area contributed by atoms with Crippen LogP contribution in [0.3, 0.4) is 0 Å². The van der Waals surface area contributed by atoms with Crippen molar-refractivity contribution in [2.45, 2.75) is 24.9 Å². The smallest absolute Gasteiger partial charge is 0.338 e. The molecule has 3 aliphatic rings. The van der Waals surface area contributed by atoms with Gasteiger partial charge in [-0.2, -0.15) is 0 Å². The van der Waals surface area contributed by atoms with Gasteiger partial charge in [-0.25, -0.2) is 4.79 Å². The first-order chi connectivity index (χ1) is 7.67. The maximum atomic E-state index is 11.8. The largest absolute Gasteiger partial charge is 0.455 e. The molecule has 3 fully saturated rings. The summed E-state index contributed by atoms with van der Waals surface area (Å²) in [6, 6.07) is 8.96. The lowest BCUT2D eigenvalue weighted by molar-refractivity contribution is -0.240. The molecule has 2 bridgehead atoms. The van der Waals surface area contributed by atoms with E-state index in [0.29, 0.717) is 24.8 Å². The molecule has 3 saturated carbocycles. The van der Waals surface area contributed by atoms with E-state index in [1.807, 2.05) is 18.2 Å². The molecule has 0 aliphatic heterocycles. The van der Waals surface area contributed by atoms with E-state index in [0.717, 1.165) is 6.29 Å². The Bertz CT molecular complexity index is 430. The summed E-state index contributed by atoms with van der Waals surface area (Å²) in [5.74, 6) is -0.278. The molecule has 0 unspecified atom stereocenters. The Morgan fingerprint density at radius 1 is 1.19 bits per heavy atom. The molecule has 0 atom stereocenters. The van der Waals surface area contributed by atoms with Crippen LogP contribution in [0.2, 0.25) is 0 Å². The summed E-state index contributed by atoms with van der Waals surface area (Å²) in [6.07, 6.45) is 3.14. The van der Waals surface area contributed by atoms with E-state index >= 15 is 0 Å². The van der Waals surface area contributed by atoms with E-state index in [1.54, 1.807) is 12.1 Å². The van der Waals surface area contributed by atoms with Crippen molar-refractivity contribution in [1.29, 1.82) is 0 Å². The molecule has 3 aliphatic carbocycles. The standard InChI is InChI=1S/C13H12O3/c14-9-12-6-13(7-12,8-12)16-11(15)10-4-2-1-3-5-10/h1-5,9H,6-8H2. The van der Waals surface area contributed by atoms with Gasteiger partial charge < -0.3 is 9.53 Å². The van der Waals surface area contributed by atoms with Crippen LogP contribution < -0.4 is 0 Å². The third kappa shape index (κ3) is 1.21. The topological polar surface area (TPSA) is 43.4 Å². The maximum absolute atomic E-state index is 11.8. The summed E-state index contributed by atoms with van der Waals surface area (Å²) in [6.45, 7) is 0. The van der Waals surface area contributed by atoms with Gasteiger partial charge in [0.05, 0.1) is 5.56 Å². The minimum absolute atomic E-state index is 0.156. The van der Waals surface area contributed by atoms with Gasteiger partial charge in [0, 0.05) is 5.41 Å². The second-order valence-electron chi connectivity index (χ2n) is 4.95. The van der Waals surface area contributed by atoms with Gasteiger partial charge in [0.25, 0.3) is 0 Å². The summed E-state index contributed by atoms with van der Waals surface area (Å²) in [5, 5.41) is 0. The highest BCUT2D eigenvalue weighted by Crippen LogP contribution is 2.68. The number of carbonyl (C=O) groups excluding carboxylic acids is 2. The second kappa shape index (κ2) is 2.94. The van der Waals surface area contributed by atoms with E-state index in [1.165, 1.54) is 0 Å². The Morgan fingerprint density at radius 3 is 2.38 bits per heavy atom. The molecule has 0 heterocycles. The highest BCUT2D eigenvalue weighted by Gasteiger charge is 2.70. The van der Waals surface area contributed by atoms with Crippen LogP contribution >= 0.6 is 0 Å². The number of ether oxygens (including phenoxy) is 1. The number of benzene rings is 1. The van der Waals surface area contributed by atoms with Crippen LogP contribution in [0.1, 0.15) is 29.6 Å². The monoisotopic (exact) mass is 216 g/mol. The van der Waals surface area contributed by atoms with Crippen molar-refractivity contribution in [2.24, 2.45) is 5.41 Å². The Balaban J connectivity index is 1.66. The Labute approximate surface area is 93.4 Å². The molecule has 1 aromatic rings. The molecule has 82 valence electrons. The fourth-order valence-electron chi connectivity index (χ4n) is 2.83. The van der Waals surface area contributed by atoms with E-state index in [-0.39, 0.29) is 17.0 Å². The van der Waals surface area contributed by atoms with Crippen LogP contribution in [0.5, 0.6) is 0 Å². The lowest BCUT2D eigenvalue weighted by Crippen LogP contribution is -2.69. The first-order valence-corrected chi connectivity index (χ1v) is 5.42. The van der Waals surface area contributed by atoms with Crippen molar-refractivity contribution < 1.29 is 14.3 Å². The number of rotatable bonds is 3. The predicted octanol–water partition coefficient (Wildman–Crippen LogP) is 1.97. The SMILES string of the molecule is O=CC12CC(OC(=O)c3ccccc3)(C1)C2. The van der Waals surface area contributed by atoms with Gasteiger partial charge in [-0.3, -0.25) is 0 Å². The van der Waals surface area contributed by atoms with E-state index in [4.69, 9.17) is 4.74 Å². The zero-order chi connectivity index (χ0) is 11.2. The maximum Gasteiger partial charge on any atom is 0.338 e. The van der Waals surface area contributed by atoms with Crippen LogP contribution in [-0.4, -0.2) is 17.9 Å². The number of carbonyl (C=O) groups is 2. The quantitative estimate of drug-likeness (QED) is 0.573. The van der Waals surface area contributed by atoms with Gasteiger partial charge >= 0.3 is 5.97 Å². The number of aldehydes is 1. The molecular weight excluding hydrogens is 204 g/mol. The summed E-state index contributed by atoms with van der Waals surface area (Å²) in [5.41, 5.74) is 0.0949. The van der Waals surface area contributed by atoms with Gasteiger partial charge in [0.2, 0.25) is 0 Å². The van der Waals surface area contributed by atoms with Gasteiger partial charge in [-0.15, -0.1) is 0 Å². The van der Waals surface area contributed by atoms with Crippen molar-refractivity contribution in [2.75, 3.05) is 0 Å². The van der Waals surface area contributed by atoms with Gasteiger partial charge in [-0.1, -0.05) is 18.2 Å². The molecule has 0 spiro atoms. The van der Waals surface area contributed by atoms with E-state index < -0.39 is 0 Å². The lowest BCUT2D eigenvalue weighted by Gasteiger charge is -2.66. The van der Waals surface area contributed by atoms with Crippen molar-refractivity contribution in [1.82, 2.24) is 0 Å². The first-order valence-electron chi connectivity index (χ1n) is 5.42. The fraction of sp³-hybridized carbons (Fsp3) is 0.385. The van der Waals surface area contributed by atoms with E-state index in [2.05, 4.69) is 0 Å². The van der Waals surface area contributed by atoms with Crippen molar-refractivity contribution in [3.8, 4) is 0 Å². The summed E-state index contributed by atoms with van der Waals surface area (Å²) in [7, 11) is 0. The van der Waals surface area contributed by atoms with Gasteiger partial charge in [-0.05, 0) is 31.4 Å². The molecule has 4 rings (SSSR count). The highest BCUT2D eigenvalue weighted by atomic mass is 16.6. The zero-order valence-corrected chi connectivity index (χ0v) is 8.81. The van der Waals surface area contributed by atoms with Gasteiger partial charge in [0.15, 0.2) is 0 Å². The van der Waals surface area contributed by atoms with Gasteiger partial charge in [0.1, 0.15) is 11.9 Å². The molecule has 3 nitrogen and oxygen atoms in total. The Morgan fingerprint density at radius 2 is 1.81 bits per heavy atom.